The van der Waals surface area contributed by atoms with E-state index in [1.165, 1.54) is 13.4 Å². The third-order valence-corrected chi connectivity index (χ3v) is 7.61. The Balaban J connectivity index is 1.47. The molecule has 2 aromatic carbocycles. The maximum absolute atomic E-state index is 13.5. The van der Waals surface area contributed by atoms with Gasteiger partial charge in [0, 0.05) is 29.1 Å². The minimum absolute atomic E-state index is 0.115. The lowest BCUT2D eigenvalue weighted by molar-refractivity contribution is -0.119. The highest BCUT2D eigenvalue weighted by Gasteiger charge is 2.25. The van der Waals surface area contributed by atoms with Crippen LogP contribution >= 0.6 is 11.6 Å². The first-order valence-electron chi connectivity index (χ1n) is 13.6. The second kappa shape index (κ2) is 12.4. The van der Waals surface area contributed by atoms with Crippen LogP contribution in [-0.4, -0.2) is 39.6 Å². The monoisotopic (exact) mass is 586 g/mol. The van der Waals surface area contributed by atoms with E-state index in [0.717, 1.165) is 22.4 Å². The lowest BCUT2D eigenvalue weighted by Crippen LogP contribution is -2.30. The molecule has 216 valence electrons. The number of hydrogen-bond acceptors (Lipinski definition) is 6. The SMILES string of the molecule is COC(=O)Nc1ccc2c(c1)NC(=O)[C@H](C)CCC[C@H](NC(=O)c1ncn(-c3cccc(C)c3)c1Cl)c1cc-2ccn1. The smallest absolute Gasteiger partial charge is 0.411 e. The van der Waals surface area contributed by atoms with Gasteiger partial charge in [0.2, 0.25) is 5.91 Å². The largest absolute Gasteiger partial charge is 0.453 e. The molecule has 0 aliphatic carbocycles. The number of aromatic nitrogens is 3. The number of imidazole rings is 1. The number of fused-ring (bicyclic) bond motifs is 4. The van der Waals surface area contributed by atoms with E-state index in [1.807, 2.05) is 56.3 Å². The van der Waals surface area contributed by atoms with Crippen molar-refractivity contribution in [2.75, 3.05) is 17.7 Å². The minimum Gasteiger partial charge on any atom is -0.453 e. The maximum Gasteiger partial charge on any atom is 0.411 e. The lowest BCUT2D eigenvalue weighted by Gasteiger charge is -2.22. The molecule has 5 rings (SSSR count). The Morgan fingerprint density at radius 3 is 2.71 bits per heavy atom. The zero-order chi connectivity index (χ0) is 29.8. The number of methoxy groups -OCH3 is 1. The van der Waals surface area contributed by atoms with E-state index in [4.69, 9.17) is 16.3 Å². The number of carbonyl (C=O) groups is 3. The van der Waals surface area contributed by atoms with E-state index in [9.17, 15) is 14.4 Å². The summed E-state index contributed by atoms with van der Waals surface area (Å²) in [6.07, 6.45) is 4.40. The van der Waals surface area contributed by atoms with Crippen molar-refractivity contribution < 1.29 is 19.1 Å². The quantitative estimate of drug-likeness (QED) is 0.257. The zero-order valence-electron chi connectivity index (χ0n) is 23.5. The molecule has 1 aliphatic heterocycles. The highest BCUT2D eigenvalue weighted by atomic mass is 35.5. The first-order chi connectivity index (χ1) is 20.2. The van der Waals surface area contributed by atoms with Crippen molar-refractivity contribution >= 4 is 40.9 Å². The molecule has 0 saturated heterocycles. The topological polar surface area (TPSA) is 127 Å². The van der Waals surface area contributed by atoms with Gasteiger partial charge >= 0.3 is 6.09 Å². The summed E-state index contributed by atoms with van der Waals surface area (Å²) in [4.78, 5) is 47.2. The van der Waals surface area contributed by atoms with Gasteiger partial charge in [-0.15, -0.1) is 0 Å². The molecule has 2 atom stereocenters. The van der Waals surface area contributed by atoms with Crippen molar-refractivity contribution in [2.24, 2.45) is 5.92 Å². The molecule has 1 aliphatic rings. The second-order valence-corrected chi connectivity index (χ2v) is 10.6. The summed E-state index contributed by atoms with van der Waals surface area (Å²) in [5.74, 6) is -0.854. The fourth-order valence-corrected chi connectivity index (χ4v) is 5.21. The number of anilines is 2. The Bertz CT molecular complexity index is 1650. The Morgan fingerprint density at radius 1 is 1.10 bits per heavy atom. The molecular formula is C31H31ClN6O4. The van der Waals surface area contributed by atoms with Crippen LogP contribution < -0.4 is 16.0 Å². The number of aryl methyl sites for hydroxylation is 1. The molecule has 10 nitrogen and oxygen atoms in total. The molecule has 4 aromatic rings. The van der Waals surface area contributed by atoms with Gasteiger partial charge in [-0.05, 0) is 67.3 Å². The van der Waals surface area contributed by atoms with Crippen LogP contribution in [0.15, 0.2) is 67.1 Å². The summed E-state index contributed by atoms with van der Waals surface area (Å²) < 4.78 is 6.37. The summed E-state index contributed by atoms with van der Waals surface area (Å²) in [6.45, 7) is 3.84. The van der Waals surface area contributed by atoms with Crippen LogP contribution in [0.25, 0.3) is 16.8 Å². The van der Waals surface area contributed by atoms with Crippen molar-refractivity contribution in [1.29, 1.82) is 0 Å². The lowest BCUT2D eigenvalue weighted by atomic mass is 9.95. The molecular weight excluding hydrogens is 556 g/mol. The van der Waals surface area contributed by atoms with Crippen molar-refractivity contribution in [3.63, 3.8) is 0 Å². The van der Waals surface area contributed by atoms with E-state index < -0.39 is 18.0 Å². The first-order valence-corrected chi connectivity index (χ1v) is 14.0. The fraction of sp³-hybridized carbons (Fsp3) is 0.258. The van der Waals surface area contributed by atoms with E-state index in [-0.39, 0.29) is 22.7 Å². The number of benzene rings is 2. The van der Waals surface area contributed by atoms with E-state index in [0.29, 0.717) is 36.3 Å². The highest BCUT2D eigenvalue weighted by molar-refractivity contribution is 6.32. The van der Waals surface area contributed by atoms with Gasteiger partial charge in [0.15, 0.2) is 5.69 Å². The predicted molar refractivity (Wildman–Crippen MR) is 161 cm³/mol. The minimum atomic E-state index is -0.614. The Kier molecular flexibility index (Phi) is 8.53. The van der Waals surface area contributed by atoms with Crippen LogP contribution in [0.2, 0.25) is 5.15 Å². The van der Waals surface area contributed by atoms with Gasteiger partial charge in [0.25, 0.3) is 5.91 Å². The van der Waals surface area contributed by atoms with Gasteiger partial charge in [-0.3, -0.25) is 24.5 Å². The molecule has 0 saturated carbocycles. The van der Waals surface area contributed by atoms with Crippen molar-refractivity contribution in [3.05, 3.63) is 89.2 Å². The molecule has 2 bridgehead atoms. The molecule has 3 N–H and O–H groups in total. The van der Waals surface area contributed by atoms with Gasteiger partial charge in [0.1, 0.15) is 11.5 Å². The van der Waals surface area contributed by atoms with Gasteiger partial charge < -0.3 is 15.4 Å². The van der Waals surface area contributed by atoms with Gasteiger partial charge in [-0.2, -0.15) is 0 Å². The molecule has 0 radical (unpaired) electrons. The maximum atomic E-state index is 13.5. The van der Waals surface area contributed by atoms with Crippen molar-refractivity contribution in [2.45, 2.75) is 39.2 Å². The molecule has 3 heterocycles. The summed E-state index contributed by atoms with van der Waals surface area (Å²) in [6, 6.07) is 16.2. The number of rotatable bonds is 4. The third kappa shape index (κ3) is 6.28. The molecule has 2 aromatic heterocycles. The number of pyridine rings is 1. The normalized spacial score (nSPS) is 16.7. The van der Waals surface area contributed by atoms with Gasteiger partial charge in [0.05, 0.1) is 24.5 Å². The number of nitrogens with one attached hydrogen (secondary N) is 3. The van der Waals surface area contributed by atoms with E-state index in [1.54, 1.807) is 22.9 Å². The molecule has 0 spiro atoms. The van der Waals surface area contributed by atoms with Crippen LogP contribution in [0.5, 0.6) is 0 Å². The molecule has 0 fully saturated rings. The summed E-state index contributed by atoms with van der Waals surface area (Å²) >= 11 is 6.63. The molecule has 42 heavy (non-hydrogen) atoms. The van der Waals surface area contributed by atoms with Crippen LogP contribution in [0.4, 0.5) is 16.2 Å². The average Bonchev–Trinajstić information content (AvgIpc) is 3.37. The second-order valence-electron chi connectivity index (χ2n) is 10.3. The Labute approximate surface area is 248 Å². The Morgan fingerprint density at radius 2 is 1.93 bits per heavy atom. The van der Waals surface area contributed by atoms with Crippen LogP contribution in [0, 0.1) is 12.8 Å². The van der Waals surface area contributed by atoms with Crippen LogP contribution in [0.1, 0.15) is 54.0 Å². The molecule has 0 unspecified atom stereocenters. The summed E-state index contributed by atoms with van der Waals surface area (Å²) in [5.41, 5.74) is 5.18. The number of amides is 3. The Hall–Kier alpha value is -4.70. The van der Waals surface area contributed by atoms with Gasteiger partial charge in [-0.1, -0.05) is 43.1 Å². The van der Waals surface area contributed by atoms with E-state index >= 15 is 0 Å². The number of hydrogen-bond donors (Lipinski definition) is 3. The van der Waals surface area contributed by atoms with Crippen LogP contribution in [0.3, 0.4) is 0 Å². The molecule has 3 amide bonds. The summed E-state index contributed by atoms with van der Waals surface area (Å²) in [5, 5.41) is 8.93. The number of nitrogens with zero attached hydrogens (tertiary/aromatic N) is 3. The van der Waals surface area contributed by atoms with Crippen LogP contribution in [-0.2, 0) is 9.53 Å². The number of ether oxygens (including phenoxy) is 1. The predicted octanol–water partition coefficient (Wildman–Crippen LogP) is 6.30. The number of halogens is 1. The standard InChI is InChI=1S/C31H31ClN6O4/c1-18-6-4-8-22(14-18)38-17-34-27(28(38)32)30(40)36-24-9-5-7-19(2)29(39)37-25-16-21(35-31(41)42-3)10-11-23(25)20-12-13-33-26(24)15-20/h4,6,8,10-17,19,24H,5,7,9H2,1-3H3,(H,35,41)(H,36,40)(H,37,39)/t19-,24+/m1/s1. The van der Waals surface area contributed by atoms with Crippen molar-refractivity contribution in [1.82, 2.24) is 19.9 Å². The van der Waals surface area contributed by atoms with Crippen molar-refractivity contribution in [3.8, 4) is 16.8 Å². The zero-order valence-corrected chi connectivity index (χ0v) is 24.2. The number of carbonyl (C=O) groups excluding carboxylic acids is 3. The van der Waals surface area contributed by atoms with E-state index in [2.05, 4.69) is 25.9 Å². The van der Waals surface area contributed by atoms with Gasteiger partial charge in [-0.25, -0.2) is 9.78 Å². The first kappa shape index (κ1) is 28.8. The third-order valence-electron chi connectivity index (χ3n) is 7.25. The molecule has 11 heteroatoms. The fourth-order valence-electron chi connectivity index (χ4n) is 4.93. The highest BCUT2D eigenvalue weighted by Crippen LogP contribution is 2.34. The average molecular weight is 587 g/mol. The summed E-state index contributed by atoms with van der Waals surface area (Å²) in [7, 11) is 1.28.